The lowest BCUT2D eigenvalue weighted by molar-refractivity contribution is -0.384. The van der Waals surface area contributed by atoms with Crippen molar-refractivity contribution in [3.8, 4) is 0 Å². The SMILES string of the molecule is COCCNC(=O)[C@H]1COC2(CCN(C(=O)c3cccc([N+](=O)[O-])c3)CC2)N1C(=O)c1ccc(C)cc1. The van der Waals surface area contributed by atoms with E-state index < -0.39 is 16.7 Å². The Hall–Kier alpha value is -3.83. The third-order valence-electron chi connectivity index (χ3n) is 6.82. The van der Waals surface area contributed by atoms with Gasteiger partial charge in [0.05, 0.1) is 18.1 Å². The van der Waals surface area contributed by atoms with Crippen LogP contribution in [-0.2, 0) is 14.3 Å². The summed E-state index contributed by atoms with van der Waals surface area (Å²) < 4.78 is 11.2. The number of carbonyl (C=O) groups is 3. The molecule has 1 N–H and O–H groups in total. The van der Waals surface area contributed by atoms with Crippen molar-refractivity contribution in [3.05, 3.63) is 75.3 Å². The van der Waals surface area contributed by atoms with Gasteiger partial charge in [0.2, 0.25) is 5.91 Å². The van der Waals surface area contributed by atoms with Gasteiger partial charge in [-0.1, -0.05) is 23.8 Å². The molecule has 11 nitrogen and oxygen atoms in total. The summed E-state index contributed by atoms with van der Waals surface area (Å²) in [5, 5.41) is 13.9. The van der Waals surface area contributed by atoms with Crippen molar-refractivity contribution in [1.29, 1.82) is 0 Å². The predicted molar refractivity (Wildman–Crippen MR) is 133 cm³/mol. The Morgan fingerprint density at radius 1 is 1.11 bits per heavy atom. The molecule has 2 aliphatic heterocycles. The van der Waals surface area contributed by atoms with E-state index in [1.807, 2.05) is 19.1 Å². The summed E-state index contributed by atoms with van der Waals surface area (Å²) >= 11 is 0. The lowest BCUT2D eigenvalue weighted by atomic mass is 9.96. The van der Waals surface area contributed by atoms with E-state index in [1.165, 1.54) is 30.2 Å². The minimum atomic E-state index is -1.05. The Morgan fingerprint density at radius 3 is 2.46 bits per heavy atom. The molecule has 2 aromatic carbocycles. The molecule has 0 saturated carbocycles. The summed E-state index contributed by atoms with van der Waals surface area (Å²) in [6, 6.07) is 11.9. The van der Waals surface area contributed by atoms with Crippen LogP contribution in [0.2, 0.25) is 0 Å². The predicted octanol–water partition coefficient (Wildman–Crippen LogP) is 2.14. The molecule has 2 aliphatic rings. The maximum absolute atomic E-state index is 13.7. The normalized spacial score (nSPS) is 18.6. The number of nitro benzene ring substituents is 1. The fourth-order valence-corrected chi connectivity index (χ4v) is 4.79. The van der Waals surface area contributed by atoms with Gasteiger partial charge in [-0.2, -0.15) is 0 Å². The minimum Gasteiger partial charge on any atom is -0.383 e. The first-order valence-electron chi connectivity index (χ1n) is 12.1. The van der Waals surface area contributed by atoms with Crippen LogP contribution < -0.4 is 5.32 Å². The number of benzene rings is 2. The molecular formula is C26H30N4O7. The monoisotopic (exact) mass is 510 g/mol. The molecule has 1 spiro atoms. The Kier molecular flexibility index (Phi) is 7.84. The molecule has 2 saturated heterocycles. The summed E-state index contributed by atoms with van der Waals surface area (Å²) in [7, 11) is 1.54. The lowest BCUT2D eigenvalue weighted by Gasteiger charge is -2.44. The van der Waals surface area contributed by atoms with Crippen molar-refractivity contribution in [2.75, 3.05) is 40.0 Å². The van der Waals surface area contributed by atoms with Crippen molar-refractivity contribution in [2.24, 2.45) is 0 Å². The second-order valence-corrected chi connectivity index (χ2v) is 9.20. The smallest absolute Gasteiger partial charge is 0.270 e. The second kappa shape index (κ2) is 11.1. The number of rotatable bonds is 7. The Morgan fingerprint density at radius 2 is 1.81 bits per heavy atom. The molecule has 4 rings (SSSR count). The van der Waals surface area contributed by atoms with Crippen LogP contribution in [0.25, 0.3) is 0 Å². The van der Waals surface area contributed by atoms with Crippen LogP contribution in [0.15, 0.2) is 48.5 Å². The van der Waals surface area contributed by atoms with Gasteiger partial charge in [0.1, 0.15) is 11.8 Å². The first-order chi connectivity index (χ1) is 17.8. The van der Waals surface area contributed by atoms with Crippen LogP contribution in [0.5, 0.6) is 0 Å². The number of likely N-dealkylation sites (tertiary alicyclic amines) is 1. The molecule has 0 aromatic heterocycles. The molecule has 2 heterocycles. The molecule has 2 aromatic rings. The number of ether oxygens (including phenoxy) is 2. The summed E-state index contributed by atoms with van der Waals surface area (Å²) in [6.07, 6.45) is 0.597. The van der Waals surface area contributed by atoms with Crippen LogP contribution in [0, 0.1) is 17.0 Å². The molecule has 2 fully saturated rings. The van der Waals surface area contributed by atoms with Gasteiger partial charge < -0.3 is 19.7 Å². The minimum absolute atomic E-state index is 0.0369. The molecule has 1 atom stereocenters. The van der Waals surface area contributed by atoms with Gasteiger partial charge in [-0.15, -0.1) is 0 Å². The van der Waals surface area contributed by atoms with E-state index in [4.69, 9.17) is 9.47 Å². The number of nitro groups is 1. The number of methoxy groups -OCH3 is 1. The number of aryl methyl sites for hydroxylation is 1. The number of piperidine rings is 1. The van der Waals surface area contributed by atoms with E-state index in [-0.39, 0.29) is 48.7 Å². The van der Waals surface area contributed by atoms with Crippen LogP contribution >= 0.6 is 0 Å². The number of hydrogen-bond acceptors (Lipinski definition) is 7. The highest BCUT2D eigenvalue weighted by Gasteiger charge is 2.54. The molecule has 3 amide bonds. The molecule has 0 aliphatic carbocycles. The van der Waals surface area contributed by atoms with Crippen LogP contribution in [0.1, 0.15) is 39.1 Å². The van der Waals surface area contributed by atoms with Gasteiger partial charge in [0.15, 0.2) is 0 Å². The highest BCUT2D eigenvalue weighted by Crippen LogP contribution is 2.39. The molecule has 0 radical (unpaired) electrons. The summed E-state index contributed by atoms with van der Waals surface area (Å²) in [6.45, 7) is 3.13. The topological polar surface area (TPSA) is 131 Å². The van der Waals surface area contributed by atoms with E-state index in [1.54, 1.807) is 23.1 Å². The standard InChI is InChI=1S/C26H30N4O7/c1-18-6-8-19(9-7-18)25(33)29-22(23(31)27-12-15-36-2)17-37-26(29)10-13-28(14-11-26)24(32)20-4-3-5-21(16-20)30(34)35/h3-9,16,22H,10-15,17H2,1-2H3,(H,27,31)/t22-/m1/s1. The number of amides is 3. The van der Waals surface area contributed by atoms with E-state index in [9.17, 15) is 24.5 Å². The third kappa shape index (κ3) is 5.47. The van der Waals surface area contributed by atoms with Gasteiger partial charge in [-0.05, 0) is 25.1 Å². The van der Waals surface area contributed by atoms with Crippen LogP contribution in [0.4, 0.5) is 5.69 Å². The van der Waals surface area contributed by atoms with Crippen molar-refractivity contribution >= 4 is 23.4 Å². The van der Waals surface area contributed by atoms with Crippen molar-refractivity contribution in [3.63, 3.8) is 0 Å². The van der Waals surface area contributed by atoms with E-state index in [2.05, 4.69) is 5.32 Å². The molecule has 196 valence electrons. The Labute approximate surface area is 214 Å². The highest BCUT2D eigenvalue weighted by atomic mass is 16.6. The maximum atomic E-state index is 13.7. The molecule has 37 heavy (non-hydrogen) atoms. The van der Waals surface area contributed by atoms with Crippen LogP contribution in [0.3, 0.4) is 0 Å². The van der Waals surface area contributed by atoms with Gasteiger partial charge in [0, 0.05) is 62.8 Å². The zero-order valence-electron chi connectivity index (χ0n) is 20.8. The lowest BCUT2D eigenvalue weighted by Crippen LogP contribution is -2.60. The third-order valence-corrected chi connectivity index (χ3v) is 6.82. The highest BCUT2D eigenvalue weighted by molar-refractivity contribution is 5.98. The van der Waals surface area contributed by atoms with Crippen molar-refractivity contribution in [1.82, 2.24) is 15.1 Å². The van der Waals surface area contributed by atoms with Gasteiger partial charge in [-0.3, -0.25) is 29.4 Å². The van der Waals surface area contributed by atoms with E-state index in [0.29, 0.717) is 31.6 Å². The van der Waals surface area contributed by atoms with Crippen molar-refractivity contribution in [2.45, 2.75) is 31.5 Å². The average Bonchev–Trinajstić information content (AvgIpc) is 3.27. The Balaban J connectivity index is 1.55. The number of carbonyl (C=O) groups excluding carboxylic acids is 3. The fraction of sp³-hybridized carbons (Fsp3) is 0.423. The first-order valence-corrected chi connectivity index (χ1v) is 12.1. The summed E-state index contributed by atoms with van der Waals surface area (Å²) in [5.74, 6) is -0.978. The fourth-order valence-electron chi connectivity index (χ4n) is 4.79. The van der Waals surface area contributed by atoms with Gasteiger partial charge >= 0.3 is 0 Å². The molecule has 0 unspecified atom stereocenters. The largest absolute Gasteiger partial charge is 0.383 e. The zero-order valence-corrected chi connectivity index (χ0v) is 20.8. The van der Waals surface area contributed by atoms with Crippen LogP contribution in [-0.4, -0.2) is 84.2 Å². The first kappa shape index (κ1) is 26.2. The molecular weight excluding hydrogens is 480 g/mol. The van der Waals surface area contributed by atoms with Gasteiger partial charge in [-0.25, -0.2) is 0 Å². The van der Waals surface area contributed by atoms with Crippen molar-refractivity contribution < 1.29 is 28.8 Å². The Bertz CT molecular complexity index is 1180. The number of nitrogens with one attached hydrogen (secondary N) is 1. The summed E-state index contributed by atoms with van der Waals surface area (Å²) in [5.41, 5.74) is 0.465. The van der Waals surface area contributed by atoms with E-state index in [0.717, 1.165) is 5.56 Å². The number of nitrogens with zero attached hydrogens (tertiary/aromatic N) is 3. The molecule has 11 heteroatoms. The maximum Gasteiger partial charge on any atom is 0.270 e. The second-order valence-electron chi connectivity index (χ2n) is 9.20. The number of non-ortho nitro benzene ring substituents is 1. The van der Waals surface area contributed by atoms with E-state index >= 15 is 0 Å². The van der Waals surface area contributed by atoms with Gasteiger partial charge in [0.25, 0.3) is 17.5 Å². The number of hydrogen-bond donors (Lipinski definition) is 1. The quantitative estimate of drug-likeness (QED) is 0.343. The molecule has 0 bridgehead atoms. The zero-order chi connectivity index (χ0) is 26.6. The average molecular weight is 511 g/mol. The summed E-state index contributed by atoms with van der Waals surface area (Å²) in [4.78, 5) is 53.5.